The molecule has 2 rings (SSSR count). The van der Waals surface area contributed by atoms with E-state index in [9.17, 15) is 9.59 Å². The second-order valence-electron chi connectivity index (χ2n) is 4.88. The van der Waals surface area contributed by atoms with Gasteiger partial charge in [-0.3, -0.25) is 9.59 Å². The molecule has 1 aliphatic heterocycles. The molecule has 0 bridgehead atoms. The van der Waals surface area contributed by atoms with Crippen molar-refractivity contribution in [2.75, 3.05) is 44.2 Å². The Morgan fingerprint density at radius 1 is 1.19 bits per heavy atom. The minimum atomic E-state index is -0.0928. The van der Waals surface area contributed by atoms with Crippen LogP contribution < -0.4 is 4.90 Å². The second-order valence-corrected chi connectivity index (χ2v) is 4.88. The lowest BCUT2D eigenvalue weighted by Crippen LogP contribution is -2.46. The Bertz CT molecular complexity index is 479. The van der Waals surface area contributed by atoms with E-state index in [4.69, 9.17) is 0 Å². The Hall–Kier alpha value is -2.18. The molecule has 0 aromatic carbocycles. The average molecular weight is 291 g/mol. The first-order valence-corrected chi connectivity index (χ1v) is 7.26. The van der Waals surface area contributed by atoms with E-state index < -0.39 is 0 Å². The van der Waals surface area contributed by atoms with Crippen molar-refractivity contribution in [2.24, 2.45) is 0 Å². The van der Waals surface area contributed by atoms with Crippen LogP contribution >= 0.6 is 0 Å². The van der Waals surface area contributed by atoms with Gasteiger partial charge < -0.3 is 14.7 Å². The van der Waals surface area contributed by atoms with Gasteiger partial charge in [0, 0.05) is 39.3 Å². The number of amides is 2. The summed E-state index contributed by atoms with van der Waals surface area (Å²) >= 11 is 0. The third-order valence-corrected chi connectivity index (χ3v) is 3.71. The first kappa shape index (κ1) is 15.2. The fourth-order valence-electron chi connectivity index (χ4n) is 2.34. The second kappa shape index (κ2) is 7.01. The Balaban J connectivity index is 2.02. The van der Waals surface area contributed by atoms with Crippen molar-refractivity contribution in [2.45, 2.75) is 13.8 Å². The van der Waals surface area contributed by atoms with Crippen LogP contribution in [0.25, 0.3) is 0 Å². The van der Waals surface area contributed by atoms with Gasteiger partial charge in [-0.2, -0.15) is 0 Å². The van der Waals surface area contributed by atoms with Gasteiger partial charge in [0.2, 0.25) is 6.41 Å². The molecule has 0 atom stereocenters. The van der Waals surface area contributed by atoms with Crippen molar-refractivity contribution >= 4 is 18.1 Å². The highest BCUT2D eigenvalue weighted by Gasteiger charge is 2.19. The lowest BCUT2D eigenvalue weighted by molar-refractivity contribution is -0.118. The van der Waals surface area contributed by atoms with Crippen LogP contribution in [0.4, 0.5) is 5.82 Å². The van der Waals surface area contributed by atoms with E-state index in [0.29, 0.717) is 31.9 Å². The maximum atomic E-state index is 12.1. The predicted octanol–water partition coefficient (Wildman–Crippen LogP) is 0.237. The highest BCUT2D eigenvalue weighted by Crippen LogP contribution is 2.13. The zero-order valence-corrected chi connectivity index (χ0v) is 12.5. The van der Waals surface area contributed by atoms with Gasteiger partial charge in [-0.15, -0.1) is 10.2 Å². The molecule has 1 aromatic rings. The molecule has 0 saturated carbocycles. The SMILES string of the molecule is CCN(CC)C(=O)c1ccc(N2CCN(C=O)CC2)nn1. The molecule has 7 nitrogen and oxygen atoms in total. The molecule has 1 fully saturated rings. The number of aromatic nitrogens is 2. The summed E-state index contributed by atoms with van der Waals surface area (Å²) in [6, 6.07) is 3.54. The molecule has 0 N–H and O–H groups in total. The largest absolute Gasteiger partial charge is 0.352 e. The molecule has 1 aromatic heterocycles. The summed E-state index contributed by atoms with van der Waals surface area (Å²) in [5.41, 5.74) is 0.369. The lowest BCUT2D eigenvalue weighted by atomic mass is 10.3. The molecule has 0 spiro atoms. The number of carbonyl (C=O) groups excluding carboxylic acids is 2. The van der Waals surface area contributed by atoms with Crippen LogP contribution in [0.3, 0.4) is 0 Å². The Labute approximate surface area is 124 Å². The van der Waals surface area contributed by atoms with Crippen molar-refractivity contribution in [1.29, 1.82) is 0 Å². The Kier molecular flexibility index (Phi) is 5.08. The molecule has 2 heterocycles. The van der Waals surface area contributed by atoms with Crippen LogP contribution in [0.1, 0.15) is 24.3 Å². The van der Waals surface area contributed by atoms with Crippen LogP contribution in [0.2, 0.25) is 0 Å². The fourth-order valence-corrected chi connectivity index (χ4v) is 2.34. The maximum absolute atomic E-state index is 12.1. The number of hydrogen-bond acceptors (Lipinski definition) is 5. The third-order valence-electron chi connectivity index (χ3n) is 3.71. The number of hydrogen-bond donors (Lipinski definition) is 0. The van der Waals surface area contributed by atoms with Crippen LogP contribution in [0.5, 0.6) is 0 Å². The van der Waals surface area contributed by atoms with Crippen LogP contribution in [0, 0.1) is 0 Å². The molecule has 2 amide bonds. The summed E-state index contributed by atoms with van der Waals surface area (Å²) in [5.74, 6) is 0.654. The number of anilines is 1. The number of piperazine rings is 1. The van der Waals surface area contributed by atoms with Crippen molar-refractivity contribution in [3.8, 4) is 0 Å². The maximum Gasteiger partial charge on any atom is 0.274 e. The van der Waals surface area contributed by atoms with E-state index in [1.807, 2.05) is 19.9 Å². The van der Waals surface area contributed by atoms with Gasteiger partial charge in [0.15, 0.2) is 11.5 Å². The third kappa shape index (κ3) is 3.48. The van der Waals surface area contributed by atoms with Gasteiger partial charge in [-0.1, -0.05) is 0 Å². The monoisotopic (exact) mass is 291 g/mol. The zero-order valence-electron chi connectivity index (χ0n) is 12.5. The van der Waals surface area contributed by atoms with E-state index >= 15 is 0 Å². The quantitative estimate of drug-likeness (QED) is 0.727. The summed E-state index contributed by atoms with van der Waals surface area (Å²) in [6.07, 6.45) is 0.870. The van der Waals surface area contributed by atoms with Gasteiger partial charge in [-0.05, 0) is 26.0 Å². The fraction of sp³-hybridized carbons (Fsp3) is 0.571. The number of nitrogens with zero attached hydrogens (tertiary/aromatic N) is 5. The smallest absolute Gasteiger partial charge is 0.274 e. The summed E-state index contributed by atoms with van der Waals surface area (Å²) < 4.78 is 0. The Morgan fingerprint density at radius 3 is 2.33 bits per heavy atom. The molecule has 0 aliphatic carbocycles. The molecule has 1 aliphatic rings. The first-order chi connectivity index (χ1) is 10.2. The first-order valence-electron chi connectivity index (χ1n) is 7.26. The van der Waals surface area contributed by atoms with Crippen molar-refractivity contribution in [1.82, 2.24) is 20.0 Å². The molecular formula is C14H21N5O2. The average Bonchev–Trinajstić information content (AvgIpc) is 2.56. The topological polar surface area (TPSA) is 69.6 Å². The highest BCUT2D eigenvalue weighted by atomic mass is 16.2. The van der Waals surface area contributed by atoms with Gasteiger partial charge in [-0.25, -0.2) is 0 Å². The minimum Gasteiger partial charge on any atom is -0.352 e. The van der Waals surface area contributed by atoms with Gasteiger partial charge in [0.25, 0.3) is 5.91 Å². The molecular weight excluding hydrogens is 270 g/mol. The standard InChI is InChI=1S/C14H21N5O2/c1-3-18(4-2)14(21)12-5-6-13(16-15-12)19-9-7-17(11-20)8-10-19/h5-6,11H,3-4,7-10H2,1-2H3. The van der Waals surface area contributed by atoms with E-state index in [-0.39, 0.29) is 5.91 Å². The van der Waals surface area contributed by atoms with E-state index in [2.05, 4.69) is 15.1 Å². The van der Waals surface area contributed by atoms with Gasteiger partial charge >= 0.3 is 0 Å². The minimum absolute atomic E-state index is 0.0928. The van der Waals surface area contributed by atoms with E-state index in [0.717, 1.165) is 25.3 Å². The highest BCUT2D eigenvalue weighted by molar-refractivity contribution is 5.92. The zero-order chi connectivity index (χ0) is 15.2. The van der Waals surface area contributed by atoms with Crippen LogP contribution in [-0.2, 0) is 4.79 Å². The Morgan fingerprint density at radius 2 is 1.86 bits per heavy atom. The van der Waals surface area contributed by atoms with Gasteiger partial charge in [0.1, 0.15) is 0 Å². The summed E-state index contributed by atoms with van der Waals surface area (Å²) in [4.78, 5) is 28.3. The normalized spacial score (nSPS) is 15.0. The summed E-state index contributed by atoms with van der Waals surface area (Å²) in [7, 11) is 0. The van der Waals surface area contributed by atoms with Crippen molar-refractivity contribution < 1.29 is 9.59 Å². The van der Waals surface area contributed by atoms with E-state index in [1.165, 1.54) is 0 Å². The van der Waals surface area contributed by atoms with Crippen molar-refractivity contribution in [3.05, 3.63) is 17.8 Å². The van der Waals surface area contributed by atoms with Crippen LogP contribution in [-0.4, -0.2) is 71.6 Å². The lowest BCUT2D eigenvalue weighted by Gasteiger charge is -2.33. The molecule has 21 heavy (non-hydrogen) atoms. The van der Waals surface area contributed by atoms with Gasteiger partial charge in [0.05, 0.1) is 0 Å². The number of rotatable bonds is 5. The van der Waals surface area contributed by atoms with E-state index in [1.54, 1.807) is 15.9 Å². The number of carbonyl (C=O) groups is 2. The predicted molar refractivity (Wildman–Crippen MR) is 79.1 cm³/mol. The van der Waals surface area contributed by atoms with Crippen molar-refractivity contribution in [3.63, 3.8) is 0 Å². The summed E-state index contributed by atoms with van der Waals surface area (Å²) in [6.45, 7) is 8.04. The molecule has 0 unspecified atom stereocenters. The summed E-state index contributed by atoms with van der Waals surface area (Å²) in [5, 5.41) is 8.19. The molecule has 114 valence electrons. The molecule has 0 radical (unpaired) electrons. The van der Waals surface area contributed by atoms with Crippen LogP contribution in [0.15, 0.2) is 12.1 Å². The molecule has 1 saturated heterocycles. The molecule has 7 heteroatoms.